The molecule has 2 fully saturated rings. The second kappa shape index (κ2) is 5.44. The fraction of sp³-hybridized carbons (Fsp3) is 0.625. The lowest BCUT2D eigenvalue weighted by Gasteiger charge is -2.27. The van der Waals surface area contributed by atoms with Crippen LogP contribution in [0.3, 0.4) is 0 Å². The summed E-state index contributed by atoms with van der Waals surface area (Å²) >= 11 is 1.77. The Balaban J connectivity index is 1.70. The first-order chi connectivity index (χ1) is 10.0. The van der Waals surface area contributed by atoms with Crippen molar-refractivity contribution in [2.45, 2.75) is 51.1 Å². The van der Waals surface area contributed by atoms with E-state index < -0.39 is 6.04 Å². The van der Waals surface area contributed by atoms with Crippen LogP contribution in [0.2, 0.25) is 0 Å². The van der Waals surface area contributed by atoms with Crippen LogP contribution in [-0.2, 0) is 14.3 Å². The van der Waals surface area contributed by atoms with Gasteiger partial charge in [-0.1, -0.05) is 0 Å². The molecule has 0 bridgehead atoms. The van der Waals surface area contributed by atoms with Crippen LogP contribution in [0, 0.1) is 12.8 Å². The molecule has 1 heterocycles. The maximum atomic E-state index is 12.8. The molecule has 114 valence electrons. The zero-order valence-corrected chi connectivity index (χ0v) is 13.5. The predicted molar refractivity (Wildman–Crippen MR) is 81.3 cm³/mol. The van der Waals surface area contributed by atoms with Gasteiger partial charge in [0, 0.05) is 27.6 Å². The molecule has 3 rings (SSSR count). The standard InChI is InChI=1S/C16H21NO3S/c1-9-4-7-14(21-9)12-8-13(12)15(18)17(11-5-6-11)10(2)16(19)20-3/h4,7,10-13H,5-6,8H2,1-3H3/t10-,12+,13-/m1/s1. The Hall–Kier alpha value is -1.36. The van der Waals surface area contributed by atoms with Crippen molar-refractivity contribution in [1.82, 2.24) is 4.90 Å². The molecule has 1 aromatic heterocycles. The van der Waals surface area contributed by atoms with Crippen molar-refractivity contribution in [2.24, 2.45) is 5.92 Å². The summed E-state index contributed by atoms with van der Waals surface area (Å²) in [5.74, 6) is 0.212. The molecule has 1 amide bonds. The maximum absolute atomic E-state index is 12.8. The number of rotatable bonds is 5. The van der Waals surface area contributed by atoms with Gasteiger partial charge in [0.2, 0.25) is 5.91 Å². The number of nitrogens with zero attached hydrogens (tertiary/aromatic N) is 1. The molecule has 0 N–H and O–H groups in total. The largest absolute Gasteiger partial charge is 0.467 e. The normalized spacial score (nSPS) is 25.3. The molecule has 0 aliphatic heterocycles. The molecule has 0 radical (unpaired) electrons. The number of carbonyl (C=O) groups is 2. The molecular weight excluding hydrogens is 286 g/mol. The average molecular weight is 307 g/mol. The maximum Gasteiger partial charge on any atom is 0.328 e. The van der Waals surface area contributed by atoms with E-state index in [2.05, 4.69) is 19.1 Å². The summed E-state index contributed by atoms with van der Waals surface area (Å²) < 4.78 is 4.81. The van der Waals surface area contributed by atoms with Crippen LogP contribution in [0.1, 0.15) is 41.9 Å². The Kier molecular flexibility index (Phi) is 3.78. The second-order valence-electron chi connectivity index (χ2n) is 6.07. The van der Waals surface area contributed by atoms with Crippen molar-refractivity contribution in [3.05, 3.63) is 21.9 Å². The monoisotopic (exact) mass is 307 g/mol. The first-order valence-electron chi connectivity index (χ1n) is 7.49. The molecule has 2 aliphatic carbocycles. The van der Waals surface area contributed by atoms with E-state index in [0.717, 1.165) is 19.3 Å². The van der Waals surface area contributed by atoms with E-state index in [0.29, 0.717) is 5.92 Å². The minimum atomic E-state index is -0.471. The number of aryl methyl sites for hydroxylation is 1. The van der Waals surface area contributed by atoms with E-state index in [1.807, 2.05) is 0 Å². The van der Waals surface area contributed by atoms with Gasteiger partial charge in [-0.15, -0.1) is 11.3 Å². The van der Waals surface area contributed by atoms with Gasteiger partial charge in [-0.05, 0) is 45.2 Å². The van der Waals surface area contributed by atoms with Gasteiger partial charge in [-0.3, -0.25) is 4.79 Å². The third-order valence-corrected chi connectivity index (χ3v) is 5.52. The van der Waals surface area contributed by atoms with Crippen molar-refractivity contribution in [1.29, 1.82) is 0 Å². The van der Waals surface area contributed by atoms with Gasteiger partial charge in [0.05, 0.1) is 7.11 Å². The molecule has 2 aliphatic rings. The van der Waals surface area contributed by atoms with E-state index >= 15 is 0 Å². The lowest BCUT2D eigenvalue weighted by Crippen LogP contribution is -2.46. The second-order valence-corrected chi connectivity index (χ2v) is 7.39. The summed E-state index contributed by atoms with van der Waals surface area (Å²) in [5.41, 5.74) is 0. The molecule has 3 atom stereocenters. The molecule has 2 saturated carbocycles. The summed E-state index contributed by atoms with van der Waals surface area (Å²) in [6, 6.07) is 4.00. The number of hydrogen-bond donors (Lipinski definition) is 0. The van der Waals surface area contributed by atoms with Crippen LogP contribution in [0.4, 0.5) is 0 Å². The number of carbonyl (C=O) groups excluding carboxylic acids is 2. The molecule has 0 saturated heterocycles. The fourth-order valence-corrected chi connectivity index (χ4v) is 4.01. The number of amides is 1. The van der Waals surface area contributed by atoms with Gasteiger partial charge in [-0.25, -0.2) is 4.79 Å². The summed E-state index contributed by atoms with van der Waals surface area (Å²) in [7, 11) is 1.38. The molecule has 0 aromatic carbocycles. The van der Waals surface area contributed by atoms with E-state index in [4.69, 9.17) is 4.74 Å². The molecule has 0 unspecified atom stereocenters. The molecule has 4 nitrogen and oxygen atoms in total. The minimum Gasteiger partial charge on any atom is -0.467 e. The average Bonchev–Trinajstić information content (AvgIpc) is 3.37. The van der Waals surface area contributed by atoms with Gasteiger partial charge in [0.1, 0.15) is 6.04 Å². The summed E-state index contributed by atoms with van der Waals surface area (Å²) in [5, 5.41) is 0. The molecule has 5 heteroatoms. The predicted octanol–water partition coefficient (Wildman–Crippen LogP) is 2.71. The number of esters is 1. The lowest BCUT2D eigenvalue weighted by atomic mass is 10.2. The fourth-order valence-electron chi connectivity index (χ4n) is 2.95. The quantitative estimate of drug-likeness (QED) is 0.786. The Labute approximate surface area is 129 Å². The Morgan fingerprint density at radius 3 is 2.62 bits per heavy atom. The van der Waals surface area contributed by atoms with Crippen molar-refractivity contribution in [2.75, 3.05) is 7.11 Å². The third-order valence-electron chi connectivity index (χ3n) is 4.39. The Morgan fingerprint density at radius 1 is 1.38 bits per heavy atom. The first kappa shape index (κ1) is 14.6. The van der Waals surface area contributed by atoms with Crippen LogP contribution < -0.4 is 0 Å². The van der Waals surface area contributed by atoms with E-state index in [9.17, 15) is 9.59 Å². The summed E-state index contributed by atoms with van der Waals surface area (Å²) in [6.45, 7) is 3.86. The van der Waals surface area contributed by atoms with Crippen LogP contribution in [0.15, 0.2) is 12.1 Å². The SMILES string of the molecule is COC(=O)[C@@H](C)N(C(=O)[C@@H]1C[C@@H]1c1ccc(C)s1)C1CC1. The molecule has 21 heavy (non-hydrogen) atoms. The van der Waals surface area contributed by atoms with Crippen molar-refractivity contribution < 1.29 is 14.3 Å². The zero-order valence-electron chi connectivity index (χ0n) is 12.7. The van der Waals surface area contributed by atoms with Crippen molar-refractivity contribution in [3.63, 3.8) is 0 Å². The first-order valence-corrected chi connectivity index (χ1v) is 8.31. The Morgan fingerprint density at radius 2 is 2.10 bits per heavy atom. The lowest BCUT2D eigenvalue weighted by molar-refractivity contribution is -0.153. The smallest absolute Gasteiger partial charge is 0.328 e. The highest BCUT2D eigenvalue weighted by Crippen LogP contribution is 2.51. The summed E-state index contributed by atoms with van der Waals surface area (Å²) in [4.78, 5) is 28.9. The van der Waals surface area contributed by atoms with Crippen molar-refractivity contribution >= 4 is 23.2 Å². The number of ether oxygens (including phenoxy) is 1. The highest BCUT2D eigenvalue weighted by Gasteiger charge is 2.50. The van der Waals surface area contributed by atoms with Crippen molar-refractivity contribution in [3.8, 4) is 0 Å². The molecule has 0 spiro atoms. The van der Waals surface area contributed by atoms with Gasteiger partial charge in [0.25, 0.3) is 0 Å². The van der Waals surface area contributed by atoms with Crippen LogP contribution in [0.25, 0.3) is 0 Å². The van der Waals surface area contributed by atoms with E-state index in [1.54, 1.807) is 23.2 Å². The molecule has 1 aromatic rings. The number of methoxy groups -OCH3 is 1. The Bertz CT molecular complexity index is 564. The highest BCUT2D eigenvalue weighted by molar-refractivity contribution is 7.12. The van der Waals surface area contributed by atoms with Gasteiger partial charge < -0.3 is 9.64 Å². The van der Waals surface area contributed by atoms with Gasteiger partial charge in [0.15, 0.2) is 0 Å². The minimum absolute atomic E-state index is 0.0516. The van der Waals surface area contributed by atoms with E-state index in [-0.39, 0.29) is 23.8 Å². The van der Waals surface area contributed by atoms with Gasteiger partial charge in [-0.2, -0.15) is 0 Å². The highest BCUT2D eigenvalue weighted by atomic mass is 32.1. The number of hydrogen-bond acceptors (Lipinski definition) is 4. The zero-order chi connectivity index (χ0) is 15.1. The third kappa shape index (κ3) is 2.84. The van der Waals surface area contributed by atoms with Crippen LogP contribution in [-0.4, -0.2) is 36.0 Å². The van der Waals surface area contributed by atoms with E-state index in [1.165, 1.54) is 16.9 Å². The number of thiophene rings is 1. The summed E-state index contributed by atoms with van der Waals surface area (Å²) in [6.07, 6.45) is 2.92. The topological polar surface area (TPSA) is 46.6 Å². The van der Waals surface area contributed by atoms with Crippen LogP contribution in [0.5, 0.6) is 0 Å². The van der Waals surface area contributed by atoms with Crippen LogP contribution >= 0.6 is 11.3 Å². The molecular formula is C16H21NO3S. The van der Waals surface area contributed by atoms with Gasteiger partial charge >= 0.3 is 5.97 Å².